The molecule has 0 bridgehead atoms. The summed E-state index contributed by atoms with van der Waals surface area (Å²) < 4.78 is 5.95. The molecule has 2 rings (SSSR count). The minimum absolute atomic E-state index is 0.377. The standard InChI is InChI=1S/C14H19NOS/c1-10-2-6-12(7-3-10)16-13-8-4-11(5-9-13)14(15)17/h4-5,8-10,12H,2-3,6-7H2,1H3,(H2,15,17). The van der Waals surface area contributed by atoms with Crippen LogP contribution in [0, 0.1) is 5.92 Å². The highest BCUT2D eigenvalue weighted by Crippen LogP contribution is 2.27. The maximum absolute atomic E-state index is 5.95. The third-order valence-electron chi connectivity index (χ3n) is 3.40. The van der Waals surface area contributed by atoms with Crippen molar-refractivity contribution in [3.8, 4) is 5.75 Å². The molecule has 17 heavy (non-hydrogen) atoms. The molecule has 1 saturated carbocycles. The molecule has 0 spiro atoms. The third kappa shape index (κ3) is 3.43. The lowest BCUT2D eigenvalue weighted by atomic mass is 9.89. The van der Waals surface area contributed by atoms with Crippen LogP contribution in [0.2, 0.25) is 0 Å². The Kier molecular flexibility index (Phi) is 4.00. The van der Waals surface area contributed by atoms with Gasteiger partial charge >= 0.3 is 0 Å². The van der Waals surface area contributed by atoms with Gasteiger partial charge in [0, 0.05) is 5.56 Å². The maximum atomic E-state index is 5.95. The second-order valence-electron chi connectivity index (χ2n) is 4.89. The summed E-state index contributed by atoms with van der Waals surface area (Å²) in [5.74, 6) is 1.77. The van der Waals surface area contributed by atoms with Gasteiger partial charge in [-0.2, -0.15) is 0 Å². The fourth-order valence-corrected chi connectivity index (χ4v) is 2.37. The van der Waals surface area contributed by atoms with Gasteiger partial charge in [-0.1, -0.05) is 19.1 Å². The largest absolute Gasteiger partial charge is 0.490 e. The Balaban J connectivity index is 1.92. The van der Waals surface area contributed by atoms with Crippen LogP contribution in [0.3, 0.4) is 0 Å². The Bertz CT molecular complexity index is 380. The Labute approximate surface area is 108 Å². The minimum Gasteiger partial charge on any atom is -0.490 e. The molecule has 0 radical (unpaired) electrons. The van der Waals surface area contributed by atoms with Crippen molar-refractivity contribution in [3.63, 3.8) is 0 Å². The van der Waals surface area contributed by atoms with E-state index >= 15 is 0 Å². The summed E-state index contributed by atoms with van der Waals surface area (Å²) in [5, 5.41) is 0. The smallest absolute Gasteiger partial charge is 0.119 e. The second kappa shape index (κ2) is 5.50. The molecule has 0 saturated heterocycles. The molecule has 92 valence electrons. The van der Waals surface area contributed by atoms with Crippen LogP contribution in [0.1, 0.15) is 38.2 Å². The first-order valence-corrected chi connectivity index (χ1v) is 6.62. The van der Waals surface area contributed by atoms with Crippen LogP contribution in [-0.2, 0) is 0 Å². The van der Waals surface area contributed by atoms with Gasteiger partial charge in [-0.25, -0.2) is 0 Å². The number of thiocarbonyl (C=S) groups is 1. The van der Waals surface area contributed by atoms with Gasteiger partial charge in [0.15, 0.2) is 0 Å². The summed E-state index contributed by atoms with van der Waals surface area (Å²) in [6.45, 7) is 2.31. The average Bonchev–Trinajstić information content (AvgIpc) is 2.33. The van der Waals surface area contributed by atoms with Crippen molar-refractivity contribution in [1.82, 2.24) is 0 Å². The lowest BCUT2D eigenvalue weighted by Gasteiger charge is -2.26. The van der Waals surface area contributed by atoms with Crippen molar-refractivity contribution in [1.29, 1.82) is 0 Å². The predicted molar refractivity (Wildman–Crippen MR) is 74.4 cm³/mol. The highest BCUT2D eigenvalue weighted by molar-refractivity contribution is 7.80. The number of benzene rings is 1. The Morgan fingerprint density at radius 1 is 1.18 bits per heavy atom. The normalized spacial score (nSPS) is 24.3. The zero-order valence-electron chi connectivity index (χ0n) is 10.2. The Morgan fingerprint density at radius 2 is 1.76 bits per heavy atom. The number of rotatable bonds is 3. The van der Waals surface area contributed by atoms with Crippen LogP contribution < -0.4 is 10.5 Å². The van der Waals surface area contributed by atoms with Crippen molar-refractivity contribution < 1.29 is 4.74 Å². The molecule has 2 nitrogen and oxygen atoms in total. The van der Waals surface area contributed by atoms with E-state index in [0.717, 1.165) is 30.1 Å². The summed E-state index contributed by atoms with van der Waals surface area (Å²) in [6.07, 6.45) is 5.25. The summed E-state index contributed by atoms with van der Waals surface area (Å²) in [4.78, 5) is 0.433. The first-order chi connectivity index (χ1) is 8.15. The van der Waals surface area contributed by atoms with Crippen LogP contribution in [-0.4, -0.2) is 11.1 Å². The monoisotopic (exact) mass is 249 g/mol. The van der Waals surface area contributed by atoms with E-state index < -0.39 is 0 Å². The number of hydrogen-bond donors (Lipinski definition) is 1. The zero-order valence-corrected chi connectivity index (χ0v) is 11.0. The van der Waals surface area contributed by atoms with Crippen molar-refractivity contribution in [2.24, 2.45) is 11.7 Å². The minimum atomic E-state index is 0.377. The molecule has 1 aliphatic carbocycles. The van der Waals surface area contributed by atoms with Crippen LogP contribution in [0.25, 0.3) is 0 Å². The molecule has 0 heterocycles. The third-order valence-corrected chi connectivity index (χ3v) is 3.64. The predicted octanol–water partition coefficient (Wildman–Crippen LogP) is 3.28. The van der Waals surface area contributed by atoms with Crippen LogP contribution in [0.15, 0.2) is 24.3 Å². The van der Waals surface area contributed by atoms with Crippen molar-refractivity contribution in [2.45, 2.75) is 38.7 Å². The van der Waals surface area contributed by atoms with E-state index in [2.05, 4.69) is 6.92 Å². The number of ether oxygens (including phenoxy) is 1. The SMILES string of the molecule is CC1CCC(Oc2ccc(C(N)=S)cc2)CC1. The first kappa shape index (κ1) is 12.4. The second-order valence-corrected chi connectivity index (χ2v) is 5.33. The van der Waals surface area contributed by atoms with E-state index in [1.165, 1.54) is 12.8 Å². The van der Waals surface area contributed by atoms with Gasteiger partial charge in [-0.3, -0.25) is 0 Å². The maximum Gasteiger partial charge on any atom is 0.119 e. The van der Waals surface area contributed by atoms with Gasteiger partial charge < -0.3 is 10.5 Å². The molecule has 1 fully saturated rings. The van der Waals surface area contributed by atoms with Gasteiger partial charge in [0.05, 0.1) is 6.10 Å². The van der Waals surface area contributed by atoms with E-state index in [1.54, 1.807) is 0 Å². The molecular formula is C14H19NOS. The summed E-state index contributed by atoms with van der Waals surface area (Å²) in [6, 6.07) is 7.74. The van der Waals surface area contributed by atoms with Crippen molar-refractivity contribution in [2.75, 3.05) is 0 Å². The van der Waals surface area contributed by atoms with Gasteiger partial charge in [-0.05, 0) is 55.9 Å². The molecule has 2 N–H and O–H groups in total. The van der Waals surface area contributed by atoms with E-state index in [4.69, 9.17) is 22.7 Å². The van der Waals surface area contributed by atoms with E-state index in [-0.39, 0.29) is 0 Å². The summed E-state index contributed by atoms with van der Waals surface area (Å²) in [5.41, 5.74) is 6.45. The van der Waals surface area contributed by atoms with E-state index in [0.29, 0.717) is 11.1 Å². The van der Waals surface area contributed by atoms with Crippen molar-refractivity contribution in [3.05, 3.63) is 29.8 Å². The Hall–Kier alpha value is -1.09. The molecule has 0 aromatic heterocycles. The summed E-state index contributed by atoms with van der Waals surface area (Å²) >= 11 is 4.92. The van der Waals surface area contributed by atoms with E-state index in [1.807, 2.05) is 24.3 Å². The Morgan fingerprint density at radius 3 is 2.29 bits per heavy atom. The molecule has 1 aliphatic rings. The fourth-order valence-electron chi connectivity index (χ4n) is 2.24. The van der Waals surface area contributed by atoms with Gasteiger partial charge in [0.1, 0.15) is 10.7 Å². The zero-order chi connectivity index (χ0) is 12.3. The van der Waals surface area contributed by atoms with Crippen molar-refractivity contribution >= 4 is 17.2 Å². The van der Waals surface area contributed by atoms with Crippen LogP contribution in [0.4, 0.5) is 0 Å². The molecule has 1 aromatic carbocycles. The highest BCUT2D eigenvalue weighted by Gasteiger charge is 2.19. The molecular weight excluding hydrogens is 230 g/mol. The van der Waals surface area contributed by atoms with Crippen LogP contribution >= 0.6 is 12.2 Å². The molecule has 0 atom stereocenters. The molecule has 0 unspecified atom stereocenters. The van der Waals surface area contributed by atoms with Gasteiger partial charge in [0.25, 0.3) is 0 Å². The van der Waals surface area contributed by atoms with Gasteiger partial charge in [0.2, 0.25) is 0 Å². The topological polar surface area (TPSA) is 35.2 Å². The first-order valence-electron chi connectivity index (χ1n) is 6.21. The summed E-state index contributed by atoms with van der Waals surface area (Å²) in [7, 11) is 0. The lowest BCUT2D eigenvalue weighted by Crippen LogP contribution is -2.23. The quantitative estimate of drug-likeness (QED) is 0.835. The lowest BCUT2D eigenvalue weighted by molar-refractivity contribution is 0.135. The molecule has 3 heteroatoms. The van der Waals surface area contributed by atoms with Crippen LogP contribution in [0.5, 0.6) is 5.75 Å². The van der Waals surface area contributed by atoms with E-state index in [9.17, 15) is 0 Å². The van der Waals surface area contributed by atoms with Gasteiger partial charge in [-0.15, -0.1) is 0 Å². The average molecular weight is 249 g/mol. The fraction of sp³-hybridized carbons (Fsp3) is 0.500. The number of hydrogen-bond acceptors (Lipinski definition) is 2. The molecule has 0 aliphatic heterocycles. The number of nitrogens with two attached hydrogens (primary N) is 1. The highest BCUT2D eigenvalue weighted by atomic mass is 32.1. The molecule has 1 aromatic rings. The molecule has 0 amide bonds.